The van der Waals surface area contributed by atoms with E-state index in [1.54, 1.807) is 0 Å². The van der Waals surface area contributed by atoms with Crippen LogP contribution in [-0.4, -0.2) is 11.1 Å². The Bertz CT molecular complexity index is 426. The van der Waals surface area contributed by atoms with E-state index < -0.39 is 35.9 Å². The molecular formula is C11H10F4O2. The van der Waals surface area contributed by atoms with Crippen molar-refractivity contribution in [3.8, 4) is 0 Å². The van der Waals surface area contributed by atoms with Gasteiger partial charge in [0.05, 0.1) is 12.0 Å². The smallest absolute Gasteiger partial charge is 0.419 e. The molecule has 0 heterocycles. The van der Waals surface area contributed by atoms with Gasteiger partial charge in [0.15, 0.2) is 0 Å². The molecule has 1 aromatic carbocycles. The number of alkyl halides is 3. The van der Waals surface area contributed by atoms with Gasteiger partial charge in [-0.2, -0.15) is 13.2 Å². The standard InChI is InChI=1S/C11H10F4O2/c1-6(5-9(16)17)7-3-2-4-8(12)10(7)11(13,14)15/h2-4,6H,5H2,1H3,(H,16,17). The molecule has 0 aliphatic heterocycles. The normalized spacial score (nSPS) is 13.5. The van der Waals surface area contributed by atoms with Crippen molar-refractivity contribution in [1.82, 2.24) is 0 Å². The maximum absolute atomic E-state index is 13.2. The molecular weight excluding hydrogens is 240 g/mol. The van der Waals surface area contributed by atoms with Gasteiger partial charge >= 0.3 is 12.1 Å². The second kappa shape index (κ2) is 4.73. The van der Waals surface area contributed by atoms with Gasteiger partial charge in [-0.1, -0.05) is 19.1 Å². The van der Waals surface area contributed by atoms with Gasteiger partial charge in [-0.15, -0.1) is 0 Å². The van der Waals surface area contributed by atoms with Gasteiger partial charge in [0.2, 0.25) is 0 Å². The third-order valence-corrected chi connectivity index (χ3v) is 2.34. The van der Waals surface area contributed by atoms with Crippen LogP contribution in [0, 0.1) is 5.82 Å². The van der Waals surface area contributed by atoms with Gasteiger partial charge < -0.3 is 5.11 Å². The average molecular weight is 250 g/mol. The summed E-state index contributed by atoms with van der Waals surface area (Å²) in [5.74, 6) is -3.51. The summed E-state index contributed by atoms with van der Waals surface area (Å²) < 4.78 is 51.0. The lowest BCUT2D eigenvalue weighted by Gasteiger charge is -2.17. The Hall–Kier alpha value is -1.59. The molecule has 17 heavy (non-hydrogen) atoms. The summed E-state index contributed by atoms with van der Waals surface area (Å²) in [5, 5.41) is 8.53. The maximum Gasteiger partial charge on any atom is 0.419 e. The van der Waals surface area contributed by atoms with Gasteiger partial charge in [0.1, 0.15) is 5.82 Å². The molecule has 1 atom stereocenters. The molecule has 0 aromatic heterocycles. The summed E-state index contributed by atoms with van der Waals surface area (Å²) in [7, 11) is 0. The fourth-order valence-corrected chi connectivity index (χ4v) is 1.62. The predicted octanol–water partition coefficient (Wildman–Crippen LogP) is 3.42. The van der Waals surface area contributed by atoms with E-state index in [1.165, 1.54) is 6.92 Å². The summed E-state index contributed by atoms with van der Waals surface area (Å²) in [5.41, 5.74) is -1.71. The van der Waals surface area contributed by atoms with Crippen molar-refractivity contribution < 1.29 is 27.5 Å². The molecule has 0 saturated carbocycles. The van der Waals surface area contributed by atoms with Crippen LogP contribution in [0.3, 0.4) is 0 Å². The van der Waals surface area contributed by atoms with Crippen LogP contribution in [0.15, 0.2) is 18.2 Å². The molecule has 1 rings (SSSR count). The Balaban J connectivity index is 3.24. The Morgan fingerprint density at radius 3 is 2.47 bits per heavy atom. The number of carbonyl (C=O) groups is 1. The molecule has 0 spiro atoms. The SMILES string of the molecule is CC(CC(=O)O)c1cccc(F)c1C(F)(F)F. The van der Waals surface area contributed by atoms with Crippen molar-refractivity contribution in [2.45, 2.75) is 25.4 Å². The number of hydrogen-bond acceptors (Lipinski definition) is 1. The first-order valence-electron chi connectivity index (χ1n) is 4.81. The Morgan fingerprint density at radius 2 is 2.00 bits per heavy atom. The zero-order valence-electron chi connectivity index (χ0n) is 8.88. The maximum atomic E-state index is 13.2. The topological polar surface area (TPSA) is 37.3 Å². The Kier molecular flexibility index (Phi) is 3.75. The number of halogens is 4. The Morgan fingerprint density at radius 1 is 1.41 bits per heavy atom. The second-order valence-electron chi connectivity index (χ2n) is 3.70. The van der Waals surface area contributed by atoms with Crippen molar-refractivity contribution in [1.29, 1.82) is 0 Å². The number of carboxylic acids is 1. The van der Waals surface area contributed by atoms with Gasteiger partial charge in [-0.25, -0.2) is 4.39 Å². The molecule has 6 heteroatoms. The van der Waals surface area contributed by atoms with Gasteiger partial charge in [0.25, 0.3) is 0 Å². The third-order valence-electron chi connectivity index (χ3n) is 2.34. The molecule has 0 aliphatic rings. The van der Waals surface area contributed by atoms with Crippen molar-refractivity contribution in [3.63, 3.8) is 0 Å². The molecule has 94 valence electrons. The van der Waals surface area contributed by atoms with Crippen molar-refractivity contribution in [2.75, 3.05) is 0 Å². The van der Waals surface area contributed by atoms with Crippen LogP contribution in [0.2, 0.25) is 0 Å². The summed E-state index contributed by atoms with van der Waals surface area (Å²) >= 11 is 0. The molecule has 1 unspecified atom stereocenters. The molecule has 0 fully saturated rings. The van der Waals surface area contributed by atoms with Crippen molar-refractivity contribution in [3.05, 3.63) is 35.1 Å². The molecule has 0 bridgehead atoms. The minimum absolute atomic E-state index is 0.333. The fraction of sp³-hybridized carbons (Fsp3) is 0.364. The molecule has 0 aliphatic carbocycles. The minimum Gasteiger partial charge on any atom is -0.481 e. The molecule has 0 radical (unpaired) electrons. The summed E-state index contributed by atoms with van der Waals surface area (Å²) in [6, 6.07) is 2.94. The molecule has 2 nitrogen and oxygen atoms in total. The van der Waals surface area contributed by atoms with Crippen LogP contribution < -0.4 is 0 Å². The fourth-order valence-electron chi connectivity index (χ4n) is 1.62. The van der Waals surface area contributed by atoms with Crippen molar-refractivity contribution in [2.24, 2.45) is 0 Å². The summed E-state index contributed by atoms with van der Waals surface area (Å²) in [6.45, 7) is 1.32. The highest BCUT2D eigenvalue weighted by Crippen LogP contribution is 2.37. The number of aliphatic carboxylic acids is 1. The first-order valence-corrected chi connectivity index (χ1v) is 4.81. The van der Waals surface area contributed by atoms with Crippen LogP contribution in [0.25, 0.3) is 0 Å². The molecule has 0 saturated heterocycles. The molecule has 1 aromatic rings. The zero-order valence-corrected chi connectivity index (χ0v) is 8.88. The van der Waals surface area contributed by atoms with E-state index in [2.05, 4.69) is 0 Å². The van der Waals surface area contributed by atoms with E-state index in [4.69, 9.17) is 5.11 Å². The largest absolute Gasteiger partial charge is 0.481 e. The first kappa shape index (κ1) is 13.5. The van der Waals surface area contributed by atoms with Gasteiger partial charge in [0, 0.05) is 0 Å². The van der Waals surface area contributed by atoms with E-state index in [-0.39, 0.29) is 5.56 Å². The molecule has 1 N–H and O–H groups in total. The van der Waals surface area contributed by atoms with E-state index in [0.29, 0.717) is 6.07 Å². The number of carboxylic acid groups (broad SMARTS) is 1. The van der Waals surface area contributed by atoms with E-state index in [9.17, 15) is 22.4 Å². The predicted molar refractivity (Wildman–Crippen MR) is 52.1 cm³/mol. The first-order chi connectivity index (χ1) is 7.73. The second-order valence-corrected chi connectivity index (χ2v) is 3.70. The summed E-state index contributed by atoms with van der Waals surface area (Å²) in [6.07, 6.45) is -5.31. The van der Waals surface area contributed by atoms with E-state index >= 15 is 0 Å². The van der Waals surface area contributed by atoms with Crippen LogP contribution in [-0.2, 0) is 11.0 Å². The zero-order chi connectivity index (χ0) is 13.2. The third kappa shape index (κ3) is 3.18. The highest BCUT2D eigenvalue weighted by Gasteiger charge is 2.37. The van der Waals surface area contributed by atoms with Crippen molar-refractivity contribution >= 4 is 5.97 Å². The lowest BCUT2D eigenvalue weighted by atomic mass is 9.92. The number of hydrogen-bond donors (Lipinski definition) is 1. The average Bonchev–Trinajstić information content (AvgIpc) is 2.14. The van der Waals surface area contributed by atoms with Crippen LogP contribution >= 0.6 is 0 Å². The number of rotatable bonds is 3. The summed E-state index contributed by atoms with van der Waals surface area (Å²) in [4.78, 5) is 10.5. The highest BCUT2D eigenvalue weighted by atomic mass is 19.4. The van der Waals surface area contributed by atoms with Crippen LogP contribution in [0.4, 0.5) is 17.6 Å². The van der Waals surface area contributed by atoms with Crippen LogP contribution in [0.5, 0.6) is 0 Å². The Labute approximate surface area is 94.9 Å². The van der Waals surface area contributed by atoms with Gasteiger partial charge in [-0.05, 0) is 17.5 Å². The van der Waals surface area contributed by atoms with E-state index in [0.717, 1.165) is 12.1 Å². The van der Waals surface area contributed by atoms with Crippen LogP contribution in [0.1, 0.15) is 30.4 Å². The number of benzene rings is 1. The highest BCUT2D eigenvalue weighted by molar-refractivity contribution is 5.68. The van der Waals surface area contributed by atoms with Gasteiger partial charge in [-0.3, -0.25) is 4.79 Å². The lowest BCUT2D eigenvalue weighted by Crippen LogP contribution is -2.15. The van der Waals surface area contributed by atoms with E-state index in [1.807, 2.05) is 0 Å². The minimum atomic E-state index is -4.83. The quantitative estimate of drug-likeness (QED) is 0.834. The molecule has 0 amide bonds. The monoisotopic (exact) mass is 250 g/mol. The lowest BCUT2D eigenvalue weighted by molar-refractivity contribution is -0.142.